The third kappa shape index (κ3) is 2.30. The van der Waals surface area contributed by atoms with Crippen LogP contribution in [-0.4, -0.2) is 27.0 Å². The van der Waals surface area contributed by atoms with Gasteiger partial charge < -0.3 is 14.4 Å². The molecule has 2 heterocycles. The van der Waals surface area contributed by atoms with E-state index in [1.807, 2.05) is 0 Å². The second-order valence-corrected chi connectivity index (χ2v) is 5.68. The van der Waals surface area contributed by atoms with E-state index >= 15 is 0 Å². The van der Waals surface area contributed by atoms with Crippen molar-refractivity contribution in [3.63, 3.8) is 0 Å². The van der Waals surface area contributed by atoms with Gasteiger partial charge in [0.2, 0.25) is 5.43 Å². The Morgan fingerprint density at radius 3 is 2.73 bits per heavy atom. The predicted molar refractivity (Wildman–Crippen MR) is 78.0 cm³/mol. The second kappa shape index (κ2) is 5.10. The highest BCUT2D eigenvalue weighted by Gasteiger charge is 2.40. The smallest absolute Gasteiger partial charge is 0.449 e. The average Bonchev–Trinajstić information content (AvgIpc) is 3.14. The molecule has 3 rings (SSSR count). The Labute approximate surface area is 133 Å². The Bertz CT molecular complexity index is 867. The number of hydrogen-bond acceptors (Lipinski definition) is 4. The van der Waals surface area contributed by atoms with Gasteiger partial charge in [-0.3, -0.25) is 4.79 Å². The number of hydrogen-bond donors (Lipinski definition) is 1. The van der Waals surface area contributed by atoms with Crippen LogP contribution in [0.2, 0.25) is 10.2 Å². The zero-order valence-corrected chi connectivity index (χ0v) is 12.7. The first kappa shape index (κ1) is 15.1. The van der Waals surface area contributed by atoms with Crippen molar-refractivity contribution in [2.75, 3.05) is 0 Å². The number of aromatic nitrogens is 2. The summed E-state index contributed by atoms with van der Waals surface area (Å²) in [6, 6.07) is -0.547. The minimum Gasteiger partial charge on any atom is -0.449 e. The van der Waals surface area contributed by atoms with Gasteiger partial charge in [-0.15, -0.1) is 0 Å². The molecular weight excluding hydrogens is 338 g/mol. The predicted octanol–water partition coefficient (Wildman–Crippen LogP) is 3.35. The summed E-state index contributed by atoms with van der Waals surface area (Å²) in [5.41, 5.74) is -0.199. The van der Waals surface area contributed by atoms with Crippen molar-refractivity contribution in [3.8, 4) is 5.75 Å². The highest BCUT2D eigenvalue weighted by Crippen LogP contribution is 2.43. The maximum absolute atomic E-state index is 13.5. The summed E-state index contributed by atoms with van der Waals surface area (Å²) in [7, 11) is 0. The fraction of sp³-hybridized carbons (Fsp3) is 0.308. The third-order valence-corrected chi connectivity index (χ3v) is 4.18. The van der Waals surface area contributed by atoms with Crippen molar-refractivity contribution in [2.24, 2.45) is 0 Å². The van der Waals surface area contributed by atoms with Crippen molar-refractivity contribution >= 4 is 40.3 Å². The van der Waals surface area contributed by atoms with Crippen LogP contribution in [0, 0.1) is 6.92 Å². The zero-order valence-electron chi connectivity index (χ0n) is 11.1. The normalized spacial score (nSPS) is 20.2. The van der Waals surface area contributed by atoms with Crippen molar-refractivity contribution < 1.29 is 19.0 Å². The quantitative estimate of drug-likeness (QED) is 0.666. The topological polar surface area (TPSA) is 81.4 Å². The molecule has 1 fully saturated rings. The molecule has 9 heteroatoms. The first-order chi connectivity index (χ1) is 10.3. The molecule has 0 spiro atoms. The van der Waals surface area contributed by atoms with Crippen LogP contribution in [0.3, 0.4) is 0 Å². The molecule has 0 amide bonds. The lowest BCUT2D eigenvalue weighted by Gasteiger charge is -2.15. The van der Waals surface area contributed by atoms with E-state index in [-0.39, 0.29) is 33.2 Å². The van der Waals surface area contributed by atoms with Gasteiger partial charge in [-0.2, -0.15) is 0 Å². The van der Waals surface area contributed by atoms with Crippen LogP contribution in [-0.2, 0) is 0 Å². The van der Waals surface area contributed by atoms with Gasteiger partial charge in [-0.25, -0.2) is 14.2 Å². The number of fused-ring (bicyclic) bond motifs is 1. The van der Waals surface area contributed by atoms with Crippen molar-refractivity contribution in [3.05, 3.63) is 32.3 Å². The summed E-state index contributed by atoms with van der Waals surface area (Å²) < 4.78 is 19.3. The van der Waals surface area contributed by atoms with E-state index in [9.17, 15) is 14.0 Å². The molecule has 0 radical (unpaired) electrons. The van der Waals surface area contributed by atoms with Gasteiger partial charge >= 0.3 is 6.16 Å². The number of rotatable bonds is 2. The van der Waals surface area contributed by atoms with E-state index in [1.54, 1.807) is 0 Å². The van der Waals surface area contributed by atoms with Gasteiger partial charge in [-0.05, 0) is 6.92 Å². The second-order valence-electron chi connectivity index (χ2n) is 4.94. The van der Waals surface area contributed by atoms with Gasteiger partial charge in [0.05, 0.1) is 28.8 Å². The number of aryl methyl sites for hydroxylation is 1. The third-order valence-electron chi connectivity index (χ3n) is 3.45. The van der Waals surface area contributed by atoms with Gasteiger partial charge in [0.25, 0.3) is 0 Å². The molecule has 2 aromatic rings. The Morgan fingerprint density at radius 2 is 2.18 bits per heavy atom. The standard InChI is InChI=1S/C13H9Cl2FN2O4/c1-4-8-10(9(14)12(15)17-4)18(6-2-5(6)16)3-7(11(8)19)22-13(20)21/h3,5-6H,2H2,1H3,(H,20,21)/t5-,6+/m0/s1. The fourth-order valence-corrected chi connectivity index (χ4v) is 2.84. The fourth-order valence-electron chi connectivity index (χ4n) is 2.39. The number of alkyl halides is 1. The maximum Gasteiger partial charge on any atom is 0.511 e. The van der Waals surface area contributed by atoms with Crippen LogP contribution in [0.15, 0.2) is 11.0 Å². The molecule has 22 heavy (non-hydrogen) atoms. The van der Waals surface area contributed by atoms with Gasteiger partial charge in [0.15, 0.2) is 5.75 Å². The number of carbonyl (C=O) groups is 1. The van der Waals surface area contributed by atoms with Crippen LogP contribution >= 0.6 is 23.2 Å². The van der Waals surface area contributed by atoms with Crippen LogP contribution in [0.5, 0.6) is 5.75 Å². The number of ether oxygens (including phenoxy) is 1. The maximum atomic E-state index is 13.5. The summed E-state index contributed by atoms with van der Waals surface area (Å²) in [5, 5.41) is 8.79. The van der Waals surface area contributed by atoms with E-state index in [1.165, 1.54) is 11.5 Å². The highest BCUT2D eigenvalue weighted by atomic mass is 35.5. The Morgan fingerprint density at radius 1 is 1.55 bits per heavy atom. The van der Waals surface area contributed by atoms with Crippen LogP contribution in [0.4, 0.5) is 9.18 Å². The zero-order chi connectivity index (χ0) is 16.2. The first-order valence-corrected chi connectivity index (χ1v) is 7.02. The largest absolute Gasteiger partial charge is 0.511 e. The molecular formula is C13H9Cl2FN2O4. The summed E-state index contributed by atoms with van der Waals surface area (Å²) in [5.74, 6) is -0.428. The van der Waals surface area contributed by atoms with Crippen molar-refractivity contribution in [2.45, 2.75) is 25.6 Å². The lowest BCUT2D eigenvalue weighted by atomic mass is 10.2. The van der Waals surface area contributed by atoms with E-state index < -0.39 is 29.5 Å². The first-order valence-electron chi connectivity index (χ1n) is 6.26. The molecule has 1 saturated carbocycles. The molecule has 2 atom stereocenters. The van der Waals surface area contributed by atoms with Crippen LogP contribution < -0.4 is 10.2 Å². The Balaban J connectivity index is 2.42. The van der Waals surface area contributed by atoms with E-state index in [0.29, 0.717) is 0 Å². The molecule has 1 N–H and O–H groups in total. The van der Waals surface area contributed by atoms with Gasteiger partial charge in [-0.1, -0.05) is 23.2 Å². The molecule has 2 aromatic heterocycles. The van der Waals surface area contributed by atoms with Crippen molar-refractivity contribution in [1.82, 2.24) is 9.55 Å². The van der Waals surface area contributed by atoms with Crippen molar-refractivity contribution in [1.29, 1.82) is 0 Å². The summed E-state index contributed by atoms with van der Waals surface area (Å²) in [6.07, 6.45) is -1.36. The number of halogens is 3. The summed E-state index contributed by atoms with van der Waals surface area (Å²) >= 11 is 12.0. The molecule has 1 aliphatic rings. The molecule has 0 saturated heterocycles. The Kier molecular flexibility index (Phi) is 3.49. The minimum atomic E-state index is -1.64. The highest BCUT2D eigenvalue weighted by molar-refractivity contribution is 6.44. The molecule has 116 valence electrons. The Hall–Kier alpha value is -1.86. The molecule has 0 unspecified atom stereocenters. The van der Waals surface area contributed by atoms with Crippen LogP contribution in [0.25, 0.3) is 10.9 Å². The van der Waals surface area contributed by atoms with E-state index in [4.69, 9.17) is 28.3 Å². The van der Waals surface area contributed by atoms with Gasteiger partial charge in [0.1, 0.15) is 16.3 Å². The lowest BCUT2D eigenvalue weighted by Crippen LogP contribution is -2.18. The van der Waals surface area contributed by atoms with Gasteiger partial charge in [0, 0.05) is 6.42 Å². The molecule has 0 aromatic carbocycles. The monoisotopic (exact) mass is 346 g/mol. The number of nitrogens with zero attached hydrogens (tertiary/aromatic N) is 2. The molecule has 0 bridgehead atoms. The van der Waals surface area contributed by atoms with E-state index in [0.717, 1.165) is 6.20 Å². The van der Waals surface area contributed by atoms with E-state index in [2.05, 4.69) is 9.72 Å². The SMILES string of the molecule is Cc1nc(Cl)c(Cl)c2c1c(=O)c(OC(=O)O)cn2[C@@H]1C[C@@H]1F. The lowest BCUT2D eigenvalue weighted by molar-refractivity contribution is 0.143. The minimum absolute atomic E-state index is 0.0113. The number of pyridine rings is 2. The average molecular weight is 347 g/mol. The molecule has 1 aliphatic carbocycles. The number of carboxylic acid groups (broad SMARTS) is 1. The van der Waals surface area contributed by atoms with Crippen LogP contribution in [0.1, 0.15) is 18.2 Å². The summed E-state index contributed by atoms with van der Waals surface area (Å²) in [6.45, 7) is 1.53. The molecule has 0 aliphatic heterocycles. The molecule has 6 nitrogen and oxygen atoms in total. The summed E-state index contributed by atoms with van der Waals surface area (Å²) in [4.78, 5) is 27.1.